The lowest BCUT2D eigenvalue weighted by molar-refractivity contribution is -0.138. The lowest BCUT2D eigenvalue weighted by atomic mass is 9.99. The predicted molar refractivity (Wildman–Crippen MR) is 75.2 cm³/mol. The molecule has 0 aliphatic carbocycles. The zero-order valence-electron chi connectivity index (χ0n) is 11.4. The zero-order chi connectivity index (χ0) is 14.1. The third-order valence-electron chi connectivity index (χ3n) is 3.21. The molecule has 0 amide bonds. The minimum Gasteiger partial charge on any atom is -0.481 e. The Balaban J connectivity index is 2.34. The monoisotopic (exact) mass is 265 g/mol. The van der Waals surface area contributed by atoms with Gasteiger partial charge in [-0.1, -0.05) is 37.3 Å². The first kappa shape index (κ1) is 15.7. The summed E-state index contributed by atoms with van der Waals surface area (Å²) in [7, 11) is 0. The van der Waals surface area contributed by atoms with Gasteiger partial charge in [-0.25, -0.2) is 0 Å². The Hall–Kier alpha value is -1.39. The molecule has 0 aromatic heterocycles. The number of rotatable bonds is 9. The number of hydrogen-bond acceptors (Lipinski definition) is 3. The van der Waals surface area contributed by atoms with Crippen molar-refractivity contribution in [2.75, 3.05) is 19.7 Å². The van der Waals surface area contributed by atoms with Gasteiger partial charge in [0.2, 0.25) is 0 Å². The first-order valence-electron chi connectivity index (χ1n) is 6.74. The molecule has 0 aliphatic rings. The van der Waals surface area contributed by atoms with E-state index >= 15 is 0 Å². The third kappa shape index (κ3) is 5.85. The lowest BCUT2D eigenvalue weighted by Crippen LogP contribution is -2.27. The highest BCUT2D eigenvalue weighted by molar-refractivity contribution is 5.76. The minimum absolute atomic E-state index is 0.210. The highest BCUT2D eigenvalue weighted by Crippen LogP contribution is 2.14. The third-order valence-corrected chi connectivity index (χ3v) is 3.21. The SMILES string of the molecule is CC(CO)CCCNCC(C(=O)O)c1ccccc1. The van der Waals surface area contributed by atoms with E-state index in [1.807, 2.05) is 37.3 Å². The quantitative estimate of drug-likeness (QED) is 0.596. The van der Waals surface area contributed by atoms with Crippen LogP contribution in [0.5, 0.6) is 0 Å². The molecule has 0 aliphatic heterocycles. The first-order valence-corrected chi connectivity index (χ1v) is 6.74. The fraction of sp³-hybridized carbons (Fsp3) is 0.533. The maximum absolute atomic E-state index is 11.2. The van der Waals surface area contributed by atoms with Crippen LogP contribution in [0.3, 0.4) is 0 Å². The van der Waals surface area contributed by atoms with Gasteiger partial charge in [-0.2, -0.15) is 0 Å². The molecule has 4 nitrogen and oxygen atoms in total. The van der Waals surface area contributed by atoms with Gasteiger partial charge in [-0.15, -0.1) is 0 Å². The molecule has 1 aromatic carbocycles. The van der Waals surface area contributed by atoms with Crippen LogP contribution >= 0.6 is 0 Å². The zero-order valence-corrected chi connectivity index (χ0v) is 11.4. The standard InChI is InChI=1S/C15H23NO3/c1-12(11-17)6-5-9-16-10-14(15(18)19)13-7-3-2-4-8-13/h2-4,7-8,12,14,16-17H,5-6,9-11H2,1H3,(H,18,19). The Kier molecular flexibility index (Phi) is 7.15. The summed E-state index contributed by atoms with van der Waals surface area (Å²) < 4.78 is 0. The van der Waals surface area contributed by atoms with Gasteiger partial charge in [-0.05, 0) is 30.9 Å². The molecule has 3 N–H and O–H groups in total. The molecule has 2 unspecified atom stereocenters. The van der Waals surface area contributed by atoms with Crippen LogP contribution in [0.2, 0.25) is 0 Å². The topological polar surface area (TPSA) is 69.6 Å². The van der Waals surface area contributed by atoms with Crippen LogP contribution < -0.4 is 5.32 Å². The second kappa shape index (κ2) is 8.67. The van der Waals surface area contributed by atoms with Crippen molar-refractivity contribution in [3.8, 4) is 0 Å². The number of aliphatic hydroxyl groups is 1. The Morgan fingerprint density at radius 1 is 1.32 bits per heavy atom. The first-order chi connectivity index (χ1) is 9.15. The van der Waals surface area contributed by atoms with E-state index in [9.17, 15) is 9.90 Å². The molecule has 0 bridgehead atoms. The van der Waals surface area contributed by atoms with Gasteiger partial charge in [0.05, 0.1) is 5.92 Å². The number of nitrogens with one attached hydrogen (secondary N) is 1. The van der Waals surface area contributed by atoms with E-state index in [1.54, 1.807) is 0 Å². The van der Waals surface area contributed by atoms with Crippen molar-refractivity contribution in [3.63, 3.8) is 0 Å². The van der Waals surface area contributed by atoms with Crippen molar-refractivity contribution in [3.05, 3.63) is 35.9 Å². The van der Waals surface area contributed by atoms with Crippen LogP contribution in [-0.4, -0.2) is 35.9 Å². The average molecular weight is 265 g/mol. The fourth-order valence-corrected chi connectivity index (χ4v) is 1.95. The number of hydrogen-bond donors (Lipinski definition) is 3. The number of carboxylic acids is 1. The lowest BCUT2D eigenvalue weighted by Gasteiger charge is -2.14. The summed E-state index contributed by atoms with van der Waals surface area (Å²) in [6.07, 6.45) is 1.90. The van der Waals surface area contributed by atoms with Crippen LogP contribution in [0, 0.1) is 5.92 Å². The van der Waals surface area contributed by atoms with Crippen molar-refractivity contribution in [2.45, 2.75) is 25.7 Å². The number of carboxylic acid groups (broad SMARTS) is 1. The summed E-state index contributed by atoms with van der Waals surface area (Å²) in [5.74, 6) is -0.995. The number of aliphatic hydroxyl groups excluding tert-OH is 1. The van der Waals surface area contributed by atoms with Crippen molar-refractivity contribution < 1.29 is 15.0 Å². The highest BCUT2D eigenvalue weighted by Gasteiger charge is 2.18. The Bertz CT molecular complexity index is 367. The Morgan fingerprint density at radius 3 is 2.58 bits per heavy atom. The van der Waals surface area contributed by atoms with Gasteiger partial charge >= 0.3 is 5.97 Å². The van der Waals surface area contributed by atoms with Crippen LogP contribution in [-0.2, 0) is 4.79 Å². The van der Waals surface area contributed by atoms with Crippen molar-refractivity contribution in [2.24, 2.45) is 5.92 Å². The van der Waals surface area contributed by atoms with E-state index in [0.29, 0.717) is 12.5 Å². The van der Waals surface area contributed by atoms with E-state index < -0.39 is 11.9 Å². The maximum Gasteiger partial charge on any atom is 0.312 e. The summed E-state index contributed by atoms with van der Waals surface area (Å²) in [5, 5.41) is 21.3. The molecule has 0 radical (unpaired) electrons. The van der Waals surface area contributed by atoms with Gasteiger partial charge in [-0.3, -0.25) is 4.79 Å². The van der Waals surface area contributed by atoms with E-state index in [2.05, 4.69) is 5.32 Å². The van der Waals surface area contributed by atoms with Crippen molar-refractivity contribution in [1.29, 1.82) is 0 Å². The number of benzene rings is 1. The molecule has 0 saturated carbocycles. The second-order valence-electron chi connectivity index (χ2n) is 4.94. The van der Waals surface area contributed by atoms with E-state index in [4.69, 9.17) is 5.11 Å². The molecule has 0 saturated heterocycles. The molecule has 1 aromatic rings. The van der Waals surface area contributed by atoms with Gasteiger partial charge < -0.3 is 15.5 Å². The Labute approximate surface area is 114 Å². The highest BCUT2D eigenvalue weighted by atomic mass is 16.4. The summed E-state index contributed by atoms with van der Waals surface area (Å²) in [6.45, 7) is 3.43. The van der Waals surface area contributed by atoms with Crippen molar-refractivity contribution in [1.82, 2.24) is 5.32 Å². The van der Waals surface area contributed by atoms with Crippen LogP contribution in [0.1, 0.15) is 31.2 Å². The molecular weight excluding hydrogens is 242 g/mol. The smallest absolute Gasteiger partial charge is 0.312 e. The summed E-state index contributed by atoms with van der Waals surface area (Å²) >= 11 is 0. The van der Waals surface area contributed by atoms with E-state index in [-0.39, 0.29) is 6.61 Å². The van der Waals surface area contributed by atoms with Gasteiger partial charge in [0, 0.05) is 13.2 Å². The second-order valence-corrected chi connectivity index (χ2v) is 4.94. The molecule has 0 fully saturated rings. The summed E-state index contributed by atoms with van der Waals surface area (Å²) in [6, 6.07) is 9.27. The molecule has 2 atom stereocenters. The molecule has 0 spiro atoms. The molecule has 106 valence electrons. The molecule has 0 heterocycles. The van der Waals surface area contributed by atoms with Crippen LogP contribution in [0.25, 0.3) is 0 Å². The Morgan fingerprint density at radius 2 is 2.00 bits per heavy atom. The summed E-state index contributed by atoms with van der Waals surface area (Å²) in [5.41, 5.74) is 0.825. The van der Waals surface area contributed by atoms with E-state index in [1.165, 1.54) is 0 Å². The normalized spacial score (nSPS) is 14.0. The minimum atomic E-state index is -0.803. The number of aliphatic carboxylic acids is 1. The summed E-state index contributed by atoms with van der Waals surface area (Å²) in [4.78, 5) is 11.2. The van der Waals surface area contributed by atoms with Gasteiger partial charge in [0.25, 0.3) is 0 Å². The van der Waals surface area contributed by atoms with E-state index in [0.717, 1.165) is 24.9 Å². The van der Waals surface area contributed by atoms with Crippen LogP contribution in [0.4, 0.5) is 0 Å². The molecule has 1 rings (SSSR count). The van der Waals surface area contributed by atoms with Crippen molar-refractivity contribution >= 4 is 5.97 Å². The average Bonchev–Trinajstić information content (AvgIpc) is 2.42. The largest absolute Gasteiger partial charge is 0.481 e. The molecule has 19 heavy (non-hydrogen) atoms. The molecule has 4 heteroatoms. The van der Waals surface area contributed by atoms with Gasteiger partial charge in [0.1, 0.15) is 0 Å². The predicted octanol–water partition coefficient (Wildman–Crippen LogP) is 1.85. The maximum atomic E-state index is 11.2. The van der Waals surface area contributed by atoms with Crippen LogP contribution in [0.15, 0.2) is 30.3 Å². The van der Waals surface area contributed by atoms with Gasteiger partial charge in [0.15, 0.2) is 0 Å². The fourth-order valence-electron chi connectivity index (χ4n) is 1.95. The number of carbonyl (C=O) groups is 1. The molecular formula is C15H23NO3.